The Kier molecular flexibility index (Phi) is 3.76. The van der Waals surface area contributed by atoms with E-state index in [9.17, 15) is 4.79 Å². The number of aromatic nitrogens is 2. The van der Waals surface area contributed by atoms with Gasteiger partial charge in [0.05, 0.1) is 5.92 Å². The monoisotopic (exact) mass is 310 g/mol. The Labute approximate surface area is 112 Å². The van der Waals surface area contributed by atoms with Gasteiger partial charge < -0.3 is 9.52 Å². The van der Waals surface area contributed by atoms with Crippen LogP contribution >= 0.6 is 15.9 Å². The first-order valence-corrected chi connectivity index (χ1v) is 6.16. The topological polar surface area (TPSA) is 76.2 Å². The summed E-state index contributed by atoms with van der Waals surface area (Å²) >= 11 is 3.36. The molecule has 2 aromatic rings. The van der Waals surface area contributed by atoms with Gasteiger partial charge in [-0.05, 0) is 18.2 Å². The standard InChI is InChI=1S/C12H11BrN2O3/c1-7(12(16)17)5-10-14-15-11(18-10)8-3-2-4-9(13)6-8/h2-4,6-7H,5H2,1H3,(H,16,17). The highest BCUT2D eigenvalue weighted by molar-refractivity contribution is 9.10. The summed E-state index contributed by atoms with van der Waals surface area (Å²) in [4.78, 5) is 10.7. The summed E-state index contributed by atoms with van der Waals surface area (Å²) in [5.41, 5.74) is 0.797. The minimum Gasteiger partial charge on any atom is -0.481 e. The molecule has 1 heterocycles. The largest absolute Gasteiger partial charge is 0.481 e. The Bertz CT molecular complexity index is 568. The van der Waals surface area contributed by atoms with Gasteiger partial charge in [0.15, 0.2) is 0 Å². The van der Waals surface area contributed by atoms with Crippen LogP contribution in [0.1, 0.15) is 12.8 Å². The van der Waals surface area contributed by atoms with Crippen molar-refractivity contribution in [3.05, 3.63) is 34.6 Å². The second kappa shape index (κ2) is 5.30. The molecule has 5 nitrogen and oxygen atoms in total. The van der Waals surface area contributed by atoms with Crippen LogP contribution in [-0.2, 0) is 11.2 Å². The van der Waals surface area contributed by atoms with Crippen molar-refractivity contribution in [2.45, 2.75) is 13.3 Å². The lowest BCUT2D eigenvalue weighted by molar-refractivity contribution is -0.141. The molecule has 94 valence electrons. The number of benzene rings is 1. The predicted octanol–water partition coefficient (Wildman–Crippen LogP) is 2.76. The van der Waals surface area contributed by atoms with Crippen molar-refractivity contribution in [2.75, 3.05) is 0 Å². The fraction of sp³-hybridized carbons (Fsp3) is 0.250. The summed E-state index contributed by atoms with van der Waals surface area (Å²) in [6, 6.07) is 7.47. The van der Waals surface area contributed by atoms with E-state index in [1.807, 2.05) is 24.3 Å². The molecule has 0 bridgehead atoms. The number of hydrogen-bond acceptors (Lipinski definition) is 4. The molecule has 0 aliphatic heterocycles. The maximum atomic E-state index is 10.7. The highest BCUT2D eigenvalue weighted by Gasteiger charge is 2.16. The van der Waals surface area contributed by atoms with Crippen LogP contribution in [0, 0.1) is 5.92 Å². The molecular formula is C12H11BrN2O3. The van der Waals surface area contributed by atoms with Gasteiger partial charge in [0.1, 0.15) is 0 Å². The van der Waals surface area contributed by atoms with Crippen molar-refractivity contribution < 1.29 is 14.3 Å². The molecule has 6 heteroatoms. The average molecular weight is 311 g/mol. The van der Waals surface area contributed by atoms with Gasteiger partial charge in [-0.1, -0.05) is 28.9 Å². The first kappa shape index (κ1) is 12.8. The molecule has 1 unspecified atom stereocenters. The quantitative estimate of drug-likeness (QED) is 0.939. The molecule has 1 aromatic heterocycles. The van der Waals surface area contributed by atoms with Gasteiger partial charge in [-0.3, -0.25) is 4.79 Å². The van der Waals surface area contributed by atoms with Crippen LogP contribution < -0.4 is 0 Å². The van der Waals surface area contributed by atoms with E-state index >= 15 is 0 Å². The number of rotatable bonds is 4. The third-order valence-corrected chi connectivity index (χ3v) is 2.93. The maximum absolute atomic E-state index is 10.7. The fourth-order valence-corrected chi connectivity index (χ4v) is 1.82. The van der Waals surface area contributed by atoms with Gasteiger partial charge in [-0.2, -0.15) is 0 Å². The Morgan fingerprint density at radius 1 is 1.50 bits per heavy atom. The number of halogens is 1. The number of carboxylic acids is 1. The smallest absolute Gasteiger partial charge is 0.306 e. The predicted molar refractivity (Wildman–Crippen MR) is 67.9 cm³/mol. The lowest BCUT2D eigenvalue weighted by Gasteiger charge is -2.00. The molecule has 1 N–H and O–H groups in total. The molecule has 1 atom stereocenters. The summed E-state index contributed by atoms with van der Waals surface area (Å²) in [5.74, 6) is -0.693. The molecule has 0 saturated heterocycles. The zero-order valence-electron chi connectivity index (χ0n) is 9.63. The molecule has 2 rings (SSSR count). The summed E-state index contributed by atoms with van der Waals surface area (Å²) in [7, 11) is 0. The average Bonchev–Trinajstić information content (AvgIpc) is 2.77. The van der Waals surface area contributed by atoms with Crippen LogP contribution in [0.3, 0.4) is 0 Å². The number of carbonyl (C=O) groups is 1. The summed E-state index contributed by atoms with van der Waals surface area (Å²) in [6.45, 7) is 1.60. The van der Waals surface area contributed by atoms with Gasteiger partial charge in [0.2, 0.25) is 11.8 Å². The van der Waals surface area contributed by atoms with Crippen molar-refractivity contribution in [1.82, 2.24) is 10.2 Å². The molecule has 0 aliphatic rings. The number of carboxylic acid groups (broad SMARTS) is 1. The molecule has 0 amide bonds. The highest BCUT2D eigenvalue weighted by Crippen LogP contribution is 2.22. The first-order valence-electron chi connectivity index (χ1n) is 5.37. The van der Waals surface area contributed by atoms with Crippen LogP contribution in [0.4, 0.5) is 0 Å². The zero-order chi connectivity index (χ0) is 13.1. The minimum atomic E-state index is -0.878. The number of hydrogen-bond donors (Lipinski definition) is 1. The fourth-order valence-electron chi connectivity index (χ4n) is 1.42. The molecule has 18 heavy (non-hydrogen) atoms. The van der Waals surface area contributed by atoms with Crippen molar-refractivity contribution in [3.8, 4) is 11.5 Å². The van der Waals surface area contributed by atoms with Crippen molar-refractivity contribution >= 4 is 21.9 Å². The van der Waals surface area contributed by atoms with Crippen molar-refractivity contribution in [1.29, 1.82) is 0 Å². The third kappa shape index (κ3) is 2.95. The molecule has 1 aromatic carbocycles. The number of aliphatic carboxylic acids is 1. The lowest BCUT2D eigenvalue weighted by atomic mass is 10.1. The van der Waals surface area contributed by atoms with E-state index in [1.165, 1.54) is 0 Å². The van der Waals surface area contributed by atoms with Crippen LogP contribution in [0.5, 0.6) is 0 Å². The number of nitrogens with zero attached hydrogens (tertiary/aromatic N) is 2. The van der Waals surface area contributed by atoms with E-state index < -0.39 is 11.9 Å². The van der Waals surface area contributed by atoms with Gasteiger partial charge in [-0.25, -0.2) is 0 Å². The van der Waals surface area contributed by atoms with Crippen LogP contribution in [0.15, 0.2) is 33.2 Å². The highest BCUT2D eigenvalue weighted by atomic mass is 79.9. The van der Waals surface area contributed by atoms with Crippen LogP contribution in [0.2, 0.25) is 0 Å². The van der Waals surface area contributed by atoms with Gasteiger partial charge in [-0.15, -0.1) is 10.2 Å². The molecular weight excluding hydrogens is 300 g/mol. The second-order valence-corrected chi connectivity index (χ2v) is 4.87. The van der Waals surface area contributed by atoms with E-state index in [1.54, 1.807) is 6.92 Å². The van der Waals surface area contributed by atoms with Crippen molar-refractivity contribution in [3.63, 3.8) is 0 Å². The first-order chi connectivity index (χ1) is 8.56. The summed E-state index contributed by atoms with van der Waals surface area (Å²) in [5, 5.41) is 16.6. The van der Waals surface area contributed by atoms with Gasteiger partial charge in [0, 0.05) is 16.5 Å². The Hall–Kier alpha value is -1.69. The maximum Gasteiger partial charge on any atom is 0.306 e. The molecule has 0 fully saturated rings. The van der Waals surface area contributed by atoms with Gasteiger partial charge in [0.25, 0.3) is 0 Å². The van der Waals surface area contributed by atoms with Crippen LogP contribution in [0.25, 0.3) is 11.5 Å². The Balaban J connectivity index is 2.18. The van der Waals surface area contributed by atoms with Gasteiger partial charge >= 0.3 is 5.97 Å². The van der Waals surface area contributed by atoms with E-state index in [2.05, 4.69) is 26.1 Å². The van der Waals surface area contributed by atoms with E-state index in [0.717, 1.165) is 10.0 Å². The van der Waals surface area contributed by atoms with E-state index in [4.69, 9.17) is 9.52 Å². The van der Waals surface area contributed by atoms with Crippen molar-refractivity contribution in [2.24, 2.45) is 5.92 Å². The lowest BCUT2D eigenvalue weighted by Crippen LogP contribution is -2.12. The second-order valence-electron chi connectivity index (χ2n) is 3.95. The molecule has 0 spiro atoms. The summed E-state index contributed by atoms with van der Waals surface area (Å²) in [6.07, 6.45) is 0.232. The van der Waals surface area contributed by atoms with E-state index in [0.29, 0.717) is 11.8 Å². The Morgan fingerprint density at radius 3 is 2.94 bits per heavy atom. The third-order valence-electron chi connectivity index (χ3n) is 2.44. The van der Waals surface area contributed by atoms with E-state index in [-0.39, 0.29) is 6.42 Å². The SMILES string of the molecule is CC(Cc1nnc(-c2cccc(Br)c2)o1)C(=O)O. The molecule has 0 saturated carbocycles. The molecule has 0 aliphatic carbocycles. The normalized spacial score (nSPS) is 12.3. The summed E-state index contributed by atoms with van der Waals surface area (Å²) < 4.78 is 6.35. The zero-order valence-corrected chi connectivity index (χ0v) is 11.2. The minimum absolute atomic E-state index is 0.232. The molecule has 0 radical (unpaired) electrons. The Morgan fingerprint density at radius 2 is 2.28 bits per heavy atom. The van der Waals surface area contributed by atoms with Crippen LogP contribution in [-0.4, -0.2) is 21.3 Å².